The van der Waals surface area contributed by atoms with Crippen molar-refractivity contribution in [2.45, 2.75) is 25.9 Å². The number of allylic oxidation sites excluding steroid dienone is 1. The highest BCUT2D eigenvalue weighted by molar-refractivity contribution is 6.32. The molecule has 2 aliphatic rings. The van der Waals surface area contributed by atoms with Crippen molar-refractivity contribution in [1.29, 1.82) is 0 Å². The van der Waals surface area contributed by atoms with Crippen molar-refractivity contribution in [1.82, 2.24) is 0 Å². The summed E-state index contributed by atoms with van der Waals surface area (Å²) in [6, 6.07) is 20.4. The third-order valence-corrected chi connectivity index (χ3v) is 6.72. The highest BCUT2D eigenvalue weighted by Gasteiger charge is 2.55. The Labute approximate surface area is 181 Å². The molecule has 4 heteroatoms. The maximum Gasteiger partial charge on any atom is 0.313 e. The van der Waals surface area contributed by atoms with Crippen LogP contribution in [-0.2, 0) is 22.6 Å². The van der Waals surface area contributed by atoms with Gasteiger partial charge in [-0.1, -0.05) is 66.2 Å². The third kappa shape index (κ3) is 3.37. The Morgan fingerprint density at radius 3 is 2.70 bits per heavy atom. The van der Waals surface area contributed by atoms with Crippen molar-refractivity contribution in [3.63, 3.8) is 0 Å². The van der Waals surface area contributed by atoms with Gasteiger partial charge in [0.1, 0.15) is 12.4 Å². The molecule has 2 atom stereocenters. The number of benzene rings is 3. The molecule has 1 saturated carbocycles. The normalized spacial score (nSPS) is 22.9. The number of cyclic esters (lactones) is 1. The Balaban J connectivity index is 1.31. The first kappa shape index (κ1) is 19.2. The minimum atomic E-state index is -0.478. The number of ether oxygens (including phenoxy) is 2. The second-order valence-electron chi connectivity index (χ2n) is 8.49. The predicted molar refractivity (Wildman–Crippen MR) is 119 cm³/mol. The van der Waals surface area contributed by atoms with Gasteiger partial charge in [0.15, 0.2) is 0 Å². The Hall–Kier alpha value is -2.78. The van der Waals surface area contributed by atoms with Gasteiger partial charge in [-0.05, 0) is 59.4 Å². The standard InChI is InChI=1S/C26H23ClO3/c1-17-10-22-16-30-25(28)26(22,13-17)14-18-7-9-24(23(27)12-18)29-15-19-6-8-20-4-2-3-5-21(20)11-19/h2-9,11-12,22H,1,10,13-16H2. The highest BCUT2D eigenvalue weighted by atomic mass is 35.5. The van der Waals surface area contributed by atoms with Crippen LogP contribution in [0.5, 0.6) is 5.75 Å². The van der Waals surface area contributed by atoms with Crippen LogP contribution in [0.3, 0.4) is 0 Å². The molecule has 3 nitrogen and oxygen atoms in total. The lowest BCUT2D eigenvalue weighted by molar-refractivity contribution is -0.146. The number of carbonyl (C=O) groups excluding carboxylic acids is 1. The fourth-order valence-corrected chi connectivity index (χ4v) is 5.15. The van der Waals surface area contributed by atoms with Crippen LogP contribution in [0.25, 0.3) is 10.8 Å². The lowest BCUT2D eigenvalue weighted by Gasteiger charge is -2.24. The first-order chi connectivity index (χ1) is 14.5. The van der Waals surface area contributed by atoms with Gasteiger partial charge in [0, 0.05) is 5.92 Å². The maximum absolute atomic E-state index is 12.5. The molecule has 0 bridgehead atoms. The zero-order chi connectivity index (χ0) is 20.7. The molecule has 3 aromatic carbocycles. The van der Waals surface area contributed by atoms with Crippen LogP contribution in [0.2, 0.25) is 5.02 Å². The topological polar surface area (TPSA) is 35.5 Å². The Bertz CT molecular complexity index is 1150. The molecule has 1 aliphatic heterocycles. The minimum absolute atomic E-state index is 0.0982. The summed E-state index contributed by atoms with van der Waals surface area (Å²) in [4.78, 5) is 12.5. The highest BCUT2D eigenvalue weighted by Crippen LogP contribution is 2.52. The van der Waals surface area contributed by atoms with E-state index in [1.807, 2.05) is 30.3 Å². The molecule has 0 radical (unpaired) electrons. The smallest absolute Gasteiger partial charge is 0.313 e. The van der Waals surface area contributed by atoms with Crippen molar-refractivity contribution in [3.8, 4) is 5.75 Å². The molecular weight excluding hydrogens is 396 g/mol. The van der Waals surface area contributed by atoms with Crippen molar-refractivity contribution in [2.24, 2.45) is 11.3 Å². The number of hydrogen-bond donors (Lipinski definition) is 0. The van der Waals surface area contributed by atoms with Gasteiger partial charge < -0.3 is 9.47 Å². The number of esters is 1. The molecule has 0 spiro atoms. The van der Waals surface area contributed by atoms with Gasteiger partial charge in [0.2, 0.25) is 0 Å². The molecule has 2 unspecified atom stereocenters. The maximum atomic E-state index is 12.5. The van der Waals surface area contributed by atoms with Crippen LogP contribution in [0.1, 0.15) is 24.0 Å². The molecule has 1 aliphatic carbocycles. The SMILES string of the molecule is C=C1CC2COC(=O)C2(Cc2ccc(OCc3ccc4ccccc4c3)c(Cl)c2)C1. The van der Waals surface area contributed by atoms with Gasteiger partial charge in [-0.15, -0.1) is 0 Å². The van der Waals surface area contributed by atoms with Gasteiger partial charge in [0.05, 0.1) is 17.0 Å². The average Bonchev–Trinajstić information content (AvgIpc) is 3.21. The molecule has 1 saturated heterocycles. The average molecular weight is 419 g/mol. The summed E-state index contributed by atoms with van der Waals surface area (Å²) in [6.45, 7) is 5.05. The molecule has 5 rings (SSSR count). The summed E-state index contributed by atoms with van der Waals surface area (Å²) in [5.74, 6) is 0.770. The van der Waals surface area contributed by atoms with E-state index >= 15 is 0 Å². The molecule has 0 aromatic heterocycles. The van der Waals surface area contributed by atoms with Gasteiger partial charge in [-0.3, -0.25) is 4.79 Å². The van der Waals surface area contributed by atoms with E-state index in [-0.39, 0.29) is 11.9 Å². The summed E-state index contributed by atoms with van der Waals surface area (Å²) in [6.07, 6.45) is 2.20. The summed E-state index contributed by atoms with van der Waals surface area (Å²) >= 11 is 6.52. The van der Waals surface area contributed by atoms with Crippen LogP contribution in [0, 0.1) is 11.3 Å². The Morgan fingerprint density at radius 2 is 1.87 bits per heavy atom. The molecule has 30 heavy (non-hydrogen) atoms. The molecule has 3 aromatic rings. The van der Waals surface area contributed by atoms with E-state index in [1.54, 1.807) is 0 Å². The predicted octanol–water partition coefficient (Wildman–Crippen LogP) is 6.12. The van der Waals surface area contributed by atoms with Crippen LogP contribution in [-0.4, -0.2) is 12.6 Å². The monoisotopic (exact) mass is 418 g/mol. The van der Waals surface area contributed by atoms with E-state index in [0.29, 0.717) is 36.8 Å². The largest absolute Gasteiger partial charge is 0.487 e. The molecular formula is C26H23ClO3. The van der Waals surface area contributed by atoms with E-state index in [0.717, 1.165) is 23.1 Å². The van der Waals surface area contributed by atoms with E-state index in [9.17, 15) is 4.79 Å². The van der Waals surface area contributed by atoms with Crippen LogP contribution >= 0.6 is 11.6 Å². The quantitative estimate of drug-likeness (QED) is 0.369. The van der Waals surface area contributed by atoms with Gasteiger partial charge >= 0.3 is 5.97 Å². The fraction of sp³-hybridized carbons (Fsp3) is 0.269. The van der Waals surface area contributed by atoms with Crippen LogP contribution in [0.4, 0.5) is 0 Å². The van der Waals surface area contributed by atoms with Crippen molar-refractivity contribution < 1.29 is 14.3 Å². The van der Waals surface area contributed by atoms with E-state index < -0.39 is 5.41 Å². The Morgan fingerprint density at radius 1 is 1.07 bits per heavy atom. The number of rotatable bonds is 5. The zero-order valence-corrected chi connectivity index (χ0v) is 17.5. The lowest BCUT2D eigenvalue weighted by Crippen LogP contribution is -2.31. The summed E-state index contributed by atoms with van der Waals surface area (Å²) < 4.78 is 11.4. The second kappa shape index (κ2) is 7.48. The first-order valence-electron chi connectivity index (χ1n) is 10.3. The van der Waals surface area contributed by atoms with Crippen LogP contribution in [0.15, 0.2) is 72.8 Å². The van der Waals surface area contributed by atoms with Crippen molar-refractivity contribution in [2.75, 3.05) is 6.61 Å². The molecule has 0 amide bonds. The molecule has 1 heterocycles. The summed E-state index contributed by atoms with van der Waals surface area (Å²) in [5.41, 5.74) is 2.77. The van der Waals surface area contributed by atoms with Gasteiger partial charge in [-0.25, -0.2) is 0 Å². The first-order valence-corrected chi connectivity index (χ1v) is 10.6. The molecule has 152 valence electrons. The summed E-state index contributed by atoms with van der Waals surface area (Å²) in [7, 11) is 0. The number of halogens is 1. The summed E-state index contributed by atoms with van der Waals surface area (Å²) in [5, 5.41) is 2.96. The number of carbonyl (C=O) groups is 1. The van der Waals surface area contributed by atoms with E-state index in [4.69, 9.17) is 21.1 Å². The Kier molecular flexibility index (Phi) is 4.79. The third-order valence-electron chi connectivity index (χ3n) is 6.43. The molecule has 0 N–H and O–H groups in total. The zero-order valence-electron chi connectivity index (χ0n) is 16.7. The fourth-order valence-electron chi connectivity index (χ4n) is 4.89. The van der Waals surface area contributed by atoms with Gasteiger partial charge in [-0.2, -0.15) is 0 Å². The van der Waals surface area contributed by atoms with Crippen molar-refractivity contribution >= 4 is 28.3 Å². The van der Waals surface area contributed by atoms with Gasteiger partial charge in [0.25, 0.3) is 0 Å². The van der Waals surface area contributed by atoms with Crippen LogP contribution < -0.4 is 4.74 Å². The molecule has 2 fully saturated rings. The number of hydrogen-bond acceptors (Lipinski definition) is 3. The van der Waals surface area contributed by atoms with E-state index in [1.165, 1.54) is 10.8 Å². The minimum Gasteiger partial charge on any atom is -0.487 e. The second-order valence-corrected chi connectivity index (χ2v) is 8.90. The number of fused-ring (bicyclic) bond motifs is 2. The van der Waals surface area contributed by atoms with E-state index in [2.05, 4.69) is 36.9 Å². The lowest BCUT2D eigenvalue weighted by atomic mass is 9.75. The van der Waals surface area contributed by atoms with Crippen molar-refractivity contribution in [3.05, 3.63) is 89.0 Å².